The molecule has 1 fully saturated rings. The molecular formula is C26H31F2N5O2. The van der Waals surface area contributed by atoms with E-state index in [1.54, 1.807) is 12.4 Å². The zero-order chi connectivity index (χ0) is 24.9. The summed E-state index contributed by atoms with van der Waals surface area (Å²) in [6.45, 7) is 4.60. The summed E-state index contributed by atoms with van der Waals surface area (Å²) in [5, 5.41) is 6.59. The molecule has 3 aromatic rings. The van der Waals surface area contributed by atoms with Gasteiger partial charge in [0.1, 0.15) is 11.7 Å². The van der Waals surface area contributed by atoms with Crippen molar-refractivity contribution in [2.24, 2.45) is 0 Å². The molecule has 7 nitrogen and oxygen atoms in total. The van der Waals surface area contributed by atoms with Crippen LogP contribution in [0, 0.1) is 11.6 Å². The number of piperidine rings is 1. The Balaban J connectivity index is 1.45. The van der Waals surface area contributed by atoms with Gasteiger partial charge in [0, 0.05) is 42.8 Å². The van der Waals surface area contributed by atoms with Crippen LogP contribution in [0.25, 0.3) is 11.0 Å². The van der Waals surface area contributed by atoms with E-state index in [9.17, 15) is 18.4 Å². The van der Waals surface area contributed by atoms with Gasteiger partial charge in [0.2, 0.25) is 11.8 Å². The van der Waals surface area contributed by atoms with Crippen molar-refractivity contribution in [1.29, 1.82) is 0 Å². The fraction of sp³-hybridized carbons (Fsp3) is 0.423. The van der Waals surface area contributed by atoms with Gasteiger partial charge >= 0.3 is 0 Å². The van der Waals surface area contributed by atoms with Crippen LogP contribution in [0.2, 0.25) is 0 Å². The fourth-order valence-electron chi connectivity index (χ4n) is 4.70. The van der Waals surface area contributed by atoms with Crippen LogP contribution < -0.4 is 10.6 Å². The molecule has 0 saturated carbocycles. The van der Waals surface area contributed by atoms with Crippen LogP contribution in [-0.2, 0) is 22.6 Å². The summed E-state index contributed by atoms with van der Waals surface area (Å²) < 4.78 is 27.2. The van der Waals surface area contributed by atoms with Crippen molar-refractivity contribution in [1.82, 2.24) is 25.5 Å². The summed E-state index contributed by atoms with van der Waals surface area (Å²) in [5.41, 5.74) is 1.98. The summed E-state index contributed by atoms with van der Waals surface area (Å²) in [5.74, 6) is -2.63. The lowest BCUT2D eigenvalue weighted by atomic mass is 9.97. The number of carbonyl (C=O) groups is 2. The second kappa shape index (κ2) is 10.9. The number of nitrogens with zero attached hydrogens (tertiary/aromatic N) is 2. The lowest BCUT2D eigenvalue weighted by Crippen LogP contribution is -2.53. The van der Waals surface area contributed by atoms with Gasteiger partial charge in [0.25, 0.3) is 0 Å². The van der Waals surface area contributed by atoms with Crippen molar-refractivity contribution >= 4 is 22.8 Å². The van der Waals surface area contributed by atoms with E-state index in [1.165, 1.54) is 6.07 Å². The van der Waals surface area contributed by atoms with Crippen LogP contribution in [0.4, 0.5) is 8.78 Å². The number of fused-ring (bicyclic) bond motifs is 1. The highest BCUT2D eigenvalue weighted by molar-refractivity contribution is 5.88. The highest BCUT2D eigenvalue weighted by atomic mass is 19.2. The van der Waals surface area contributed by atoms with E-state index in [0.717, 1.165) is 48.0 Å². The van der Waals surface area contributed by atoms with Crippen LogP contribution in [0.1, 0.15) is 44.2 Å². The summed E-state index contributed by atoms with van der Waals surface area (Å²) in [7, 11) is 0. The Morgan fingerprint density at radius 2 is 1.89 bits per heavy atom. The van der Waals surface area contributed by atoms with E-state index >= 15 is 0 Å². The largest absolute Gasteiger partial charge is 0.350 e. The first kappa shape index (κ1) is 24.8. The second-order valence-electron chi connectivity index (χ2n) is 9.35. The normalized spacial score (nSPS) is 19.4. The Kier molecular flexibility index (Phi) is 7.75. The Morgan fingerprint density at radius 3 is 2.63 bits per heavy atom. The smallest absolute Gasteiger partial charge is 0.243 e. The monoisotopic (exact) mass is 483 g/mol. The van der Waals surface area contributed by atoms with Crippen molar-refractivity contribution in [3.05, 3.63) is 65.5 Å². The average molecular weight is 484 g/mol. The maximum atomic E-state index is 13.8. The number of hydrogen-bond acceptors (Lipinski definition) is 4. The minimum atomic E-state index is -0.991. The highest BCUT2D eigenvalue weighted by Gasteiger charge is 2.28. The predicted octanol–water partition coefficient (Wildman–Crippen LogP) is 3.45. The third-order valence-electron chi connectivity index (χ3n) is 6.70. The molecule has 3 heterocycles. The number of H-pyrrole nitrogens is 1. The minimum Gasteiger partial charge on any atom is -0.350 e. The topological polar surface area (TPSA) is 90.1 Å². The molecule has 2 aromatic heterocycles. The first-order valence-corrected chi connectivity index (χ1v) is 12.0. The van der Waals surface area contributed by atoms with Gasteiger partial charge in [-0.05, 0) is 62.1 Å². The van der Waals surface area contributed by atoms with Crippen LogP contribution in [0.3, 0.4) is 0 Å². The molecule has 1 aliphatic heterocycles. The zero-order valence-corrected chi connectivity index (χ0v) is 20.0. The number of rotatable bonds is 8. The number of nitrogens with one attached hydrogen (secondary N) is 3. The summed E-state index contributed by atoms with van der Waals surface area (Å²) in [4.78, 5) is 35.5. The van der Waals surface area contributed by atoms with Gasteiger partial charge in [-0.25, -0.2) is 13.8 Å². The highest BCUT2D eigenvalue weighted by Crippen LogP contribution is 2.22. The molecule has 1 aromatic carbocycles. The third-order valence-corrected chi connectivity index (χ3v) is 6.70. The number of halogens is 2. The fourth-order valence-corrected chi connectivity index (χ4v) is 4.70. The van der Waals surface area contributed by atoms with E-state index in [2.05, 4.69) is 39.3 Å². The molecule has 3 N–H and O–H groups in total. The number of pyridine rings is 1. The van der Waals surface area contributed by atoms with Crippen LogP contribution in [0.5, 0.6) is 0 Å². The molecule has 35 heavy (non-hydrogen) atoms. The summed E-state index contributed by atoms with van der Waals surface area (Å²) in [6, 6.07) is 6.92. The molecule has 0 radical (unpaired) electrons. The molecule has 0 bridgehead atoms. The van der Waals surface area contributed by atoms with Gasteiger partial charge in [-0.2, -0.15) is 0 Å². The SMILES string of the molecule is CC1CCC[C@H](C)N1CC(=O)NC(Cc1ccc(F)c(F)c1)C(=O)NCc1cnc2[nH]ccc2c1. The first-order chi connectivity index (χ1) is 16.8. The average Bonchev–Trinajstić information content (AvgIpc) is 3.30. The maximum absolute atomic E-state index is 13.8. The Hall–Kier alpha value is -3.33. The number of aromatic nitrogens is 2. The molecule has 2 unspecified atom stereocenters. The Labute approximate surface area is 203 Å². The number of hydrogen-bond donors (Lipinski definition) is 3. The van der Waals surface area contributed by atoms with E-state index < -0.39 is 23.6 Å². The number of benzene rings is 1. The summed E-state index contributed by atoms with van der Waals surface area (Å²) in [6.07, 6.45) is 6.67. The maximum Gasteiger partial charge on any atom is 0.243 e. The van der Waals surface area contributed by atoms with Crippen LogP contribution >= 0.6 is 0 Å². The first-order valence-electron chi connectivity index (χ1n) is 12.0. The van der Waals surface area contributed by atoms with Gasteiger partial charge in [0.15, 0.2) is 11.6 Å². The van der Waals surface area contributed by atoms with Gasteiger partial charge < -0.3 is 15.6 Å². The molecule has 1 aliphatic rings. The number of carbonyl (C=O) groups excluding carboxylic acids is 2. The predicted molar refractivity (Wildman–Crippen MR) is 129 cm³/mol. The van der Waals surface area contributed by atoms with Gasteiger partial charge in [-0.1, -0.05) is 12.5 Å². The lowest BCUT2D eigenvalue weighted by molar-refractivity contribution is -0.130. The molecule has 186 valence electrons. The van der Waals surface area contributed by atoms with Gasteiger partial charge in [-0.15, -0.1) is 0 Å². The molecule has 0 spiro atoms. The third kappa shape index (κ3) is 6.22. The van der Waals surface area contributed by atoms with Gasteiger partial charge in [0.05, 0.1) is 6.54 Å². The Morgan fingerprint density at radius 1 is 1.11 bits per heavy atom. The van der Waals surface area contributed by atoms with E-state index in [4.69, 9.17) is 0 Å². The number of likely N-dealkylation sites (tertiary alicyclic amines) is 1. The van der Waals surface area contributed by atoms with Crippen molar-refractivity contribution in [3.63, 3.8) is 0 Å². The van der Waals surface area contributed by atoms with Crippen molar-refractivity contribution in [2.45, 2.75) is 64.2 Å². The van der Waals surface area contributed by atoms with Crippen LogP contribution in [0.15, 0.2) is 42.7 Å². The van der Waals surface area contributed by atoms with Crippen molar-refractivity contribution in [3.8, 4) is 0 Å². The second-order valence-corrected chi connectivity index (χ2v) is 9.35. The molecule has 9 heteroatoms. The molecule has 0 aliphatic carbocycles. The number of aromatic amines is 1. The molecule has 1 saturated heterocycles. The van der Waals surface area contributed by atoms with Crippen molar-refractivity contribution < 1.29 is 18.4 Å². The van der Waals surface area contributed by atoms with E-state index in [-0.39, 0.29) is 37.5 Å². The molecule has 2 amide bonds. The van der Waals surface area contributed by atoms with Crippen LogP contribution in [-0.4, -0.2) is 51.4 Å². The minimum absolute atomic E-state index is 0.0367. The molecular weight excluding hydrogens is 452 g/mol. The summed E-state index contributed by atoms with van der Waals surface area (Å²) >= 11 is 0. The standard InChI is InChI=1S/C26H31F2N5O2/c1-16-4-3-5-17(2)33(16)15-24(34)32-23(12-18-6-7-21(27)22(28)11-18)26(35)31-14-19-10-20-8-9-29-25(20)30-13-19/h6-11,13,16-17,23H,3-5,12,14-15H2,1-2H3,(H,29,30)(H,31,35)(H,32,34)/t16-,17?,23?/m0/s1. The quantitative estimate of drug-likeness (QED) is 0.458. The molecule has 3 atom stereocenters. The van der Waals surface area contributed by atoms with Gasteiger partial charge in [-0.3, -0.25) is 14.5 Å². The lowest BCUT2D eigenvalue weighted by Gasteiger charge is -2.38. The zero-order valence-electron chi connectivity index (χ0n) is 20.0. The van der Waals surface area contributed by atoms with Crippen molar-refractivity contribution in [2.75, 3.05) is 6.54 Å². The molecule has 4 rings (SSSR count). The number of amides is 2. The van der Waals surface area contributed by atoms with E-state index in [1.807, 2.05) is 12.1 Å². The van der Waals surface area contributed by atoms with E-state index in [0.29, 0.717) is 5.56 Å². The Bertz CT molecular complexity index is 1190.